The second-order valence-electron chi connectivity index (χ2n) is 16.6. The van der Waals surface area contributed by atoms with Gasteiger partial charge in [-0.2, -0.15) is 0 Å². The van der Waals surface area contributed by atoms with Crippen LogP contribution in [0.5, 0.6) is 5.75 Å². The summed E-state index contributed by atoms with van der Waals surface area (Å²) in [5, 5.41) is 29.1. The predicted molar refractivity (Wildman–Crippen MR) is 276 cm³/mol. The van der Waals surface area contributed by atoms with Crippen molar-refractivity contribution < 1.29 is 66.7 Å². The summed E-state index contributed by atoms with van der Waals surface area (Å²) >= 11 is 7.68. The molecule has 5 amide bonds. The first-order valence-corrected chi connectivity index (χ1v) is 25.3. The number of ether oxygens (including phenoxy) is 8. The maximum atomic E-state index is 13.1. The topological polar surface area (TPSA) is 288 Å². The number of aryl methyl sites for hydroxylation is 1. The van der Waals surface area contributed by atoms with Gasteiger partial charge in [0.15, 0.2) is 12.9 Å². The first-order valence-electron chi connectivity index (χ1n) is 24.1. The number of aliphatic imine (C=N–C) groups is 1. The zero-order chi connectivity index (χ0) is 53.2. The summed E-state index contributed by atoms with van der Waals surface area (Å²) in [7, 11) is 0. The highest BCUT2D eigenvalue weighted by Gasteiger charge is 2.35. The molecule has 0 saturated carbocycles. The van der Waals surface area contributed by atoms with E-state index in [-0.39, 0.29) is 80.0 Å². The fourth-order valence-electron chi connectivity index (χ4n) is 7.35. The Morgan fingerprint density at radius 2 is 1.35 bits per heavy atom. The monoisotopic (exact) mass is 1070 g/mol. The lowest BCUT2D eigenvalue weighted by Crippen LogP contribution is -2.52. The van der Waals surface area contributed by atoms with Gasteiger partial charge in [0, 0.05) is 46.1 Å². The summed E-state index contributed by atoms with van der Waals surface area (Å²) in [4.78, 5) is 81.2. The Morgan fingerprint density at radius 3 is 1.88 bits per heavy atom. The fraction of sp³-hybridized carbons (Fsp3) is 0.500. The molecule has 5 rings (SSSR count). The Labute approximate surface area is 438 Å². The van der Waals surface area contributed by atoms with Crippen LogP contribution in [0, 0.1) is 24.7 Å². The molecule has 0 aliphatic carbocycles. The third kappa shape index (κ3) is 18.7. The minimum Gasteiger partial charge on any atom is -0.483 e. The van der Waals surface area contributed by atoms with E-state index in [2.05, 4.69) is 21.3 Å². The van der Waals surface area contributed by atoms with Crippen LogP contribution in [0.3, 0.4) is 0 Å². The highest BCUT2D eigenvalue weighted by atomic mass is 35.5. The molecule has 1 unspecified atom stereocenters. The third-order valence-corrected chi connectivity index (χ3v) is 12.6. The predicted octanol–water partition coefficient (Wildman–Crippen LogP) is 3.18. The van der Waals surface area contributed by atoms with E-state index in [9.17, 15) is 28.8 Å². The van der Waals surface area contributed by atoms with Crippen molar-refractivity contribution in [2.75, 3.05) is 117 Å². The number of amides is 5. The zero-order valence-electron chi connectivity index (χ0n) is 41.8. The first kappa shape index (κ1) is 58.9. The number of nitrogens with zero attached hydrogens (tertiary/aromatic N) is 2. The van der Waals surface area contributed by atoms with E-state index in [4.69, 9.17) is 65.3 Å². The first-order chi connectivity index (χ1) is 35.8. The van der Waals surface area contributed by atoms with Gasteiger partial charge in [-0.05, 0) is 51.0 Å². The summed E-state index contributed by atoms with van der Waals surface area (Å²) in [6.07, 6.45) is 0.565. The zero-order valence-corrected chi connectivity index (χ0v) is 43.4. The fourth-order valence-corrected chi connectivity index (χ4v) is 8.70. The number of imide groups is 1. The second-order valence-corrected chi connectivity index (χ2v) is 18.2. The van der Waals surface area contributed by atoms with Crippen LogP contribution in [-0.4, -0.2) is 177 Å². The minimum absolute atomic E-state index is 0.00700. The lowest BCUT2D eigenvalue weighted by molar-refractivity contribution is -0.134. The highest BCUT2D eigenvalue weighted by Crippen LogP contribution is 2.40. The molecule has 2 aromatic carbocycles. The Morgan fingerprint density at radius 1 is 0.811 bits per heavy atom. The van der Waals surface area contributed by atoms with Gasteiger partial charge in [-0.25, -0.2) is 0 Å². The highest BCUT2D eigenvalue weighted by molar-refractivity contribution is 7.17. The summed E-state index contributed by atoms with van der Waals surface area (Å²) in [5.74, 6) is -2.40. The summed E-state index contributed by atoms with van der Waals surface area (Å²) in [6, 6.07) is 9.86. The number of piperidine rings is 1. The number of fused-ring (bicyclic) bond motifs is 1. The van der Waals surface area contributed by atoms with E-state index in [0.29, 0.717) is 96.3 Å². The molecule has 1 fully saturated rings. The van der Waals surface area contributed by atoms with Gasteiger partial charge in [0.05, 0.1) is 110 Å². The number of hydrogen-bond acceptors (Lipinski definition) is 18. The van der Waals surface area contributed by atoms with Gasteiger partial charge in [-0.3, -0.25) is 54.8 Å². The van der Waals surface area contributed by atoms with Gasteiger partial charge in [-0.1, -0.05) is 35.9 Å². The Bertz CT molecular complexity index is 2440. The number of carbonyl (C=O) groups excluding carboxylic acids is 6. The number of thiophene rings is 1. The molecule has 3 aromatic rings. The van der Waals surface area contributed by atoms with Crippen molar-refractivity contribution in [1.82, 2.24) is 21.3 Å². The molecule has 1 saturated heterocycles. The molecule has 22 nitrogen and oxygen atoms in total. The van der Waals surface area contributed by atoms with Crippen LogP contribution in [0.4, 0.5) is 5.00 Å². The van der Waals surface area contributed by atoms with Crippen molar-refractivity contribution in [1.29, 1.82) is 10.8 Å². The smallest absolute Gasteiger partial charge is 0.258 e. The standard InChI is InChI=1S/C50H65ClN8O14S/c1-32-33(2)74-50-44(32)46(35-7-9-37(51)10-8-35)56-39(47(53)59(50)34(3)52)29-42(62)54-13-15-66-17-19-68-21-23-70-25-27-72-28-26-71-24-22-69-20-18-67-16-14-55-43(63)31-73-40-6-4-5-36(30-60)45(40)49(65)57-38-11-12-41(61)58-48(38)64/h4-10,30,38-39,52-53H,11-29,31H2,1-3H3,(H,54,62)(H,55,63)(H,57,65)(H,58,61,64)/t38?,39-/m0/s1. The number of amidine groups is 2. The van der Waals surface area contributed by atoms with E-state index in [1.165, 1.54) is 29.5 Å². The number of halogens is 1. The van der Waals surface area contributed by atoms with E-state index >= 15 is 0 Å². The number of benzene rings is 2. The van der Waals surface area contributed by atoms with Crippen molar-refractivity contribution in [2.24, 2.45) is 4.99 Å². The van der Waals surface area contributed by atoms with Gasteiger partial charge < -0.3 is 53.8 Å². The molecule has 0 spiro atoms. The summed E-state index contributed by atoms with van der Waals surface area (Å²) in [6.45, 7) is 10.6. The molecule has 0 radical (unpaired) electrons. The molecular formula is C50H65ClN8O14S. The van der Waals surface area contributed by atoms with Crippen LogP contribution in [0.25, 0.3) is 0 Å². The Hall–Kier alpha value is -6.02. The van der Waals surface area contributed by atoms with Crippen LogP contribution >= 0.6 is 22.9 Å². The van der Waals surface area contributed by atoms with Crippen molar-refractivity contribution in [3.8, 4) is 5.75 Å². The molecule has 3 heterocycles. The summed E-state index contributed by atoms with van der Waals surface area (Å²) in [5.41, 5.74) is 3.21. The normalized spacial score (nSPS) is 15.4. The van der Waals surface area contributed by atoms with E-state index in [0.717, 1.165) is 26.6 Å². The average Bonchev–Trinajstić information content (AvgIpc) is 3.59. The summed E-state index contributed by atoms with van der Waals surface area (Å²) < 4.78 is 44.2. The van der Waals surface area contributed by atoms with E-state index in [1.54, 1.807) is 24.0 Å². The molecule has 24 heteroatoms. The molecular weight excluding hydrogens is 1000 g/mol. The van der Waals surface area contributed by atoms with Crippen molar-refractivity contribution in [2.45, 2.75) is 52.1 Å². The lowest BCUT2D eigenvalue weighted by atomic mass is 9.99. The van der Waals surface area contributed by atoms with Crippen LogP contribution in [0.1, 0.15) is 68.5 Å². The van der Waals surface area contributed by atoms with Crippen molar-refractivity contribution in [3.05, 3.63) is 80.2 Å². The maximum absolute atomic E-state index is 13.1. The number of carbonyl (C=O) groups is 6. The number of anilines is 1. The number of rotatable bonds is 33. The molecule has 1 aromatic heterocycles. The van der Waals surface area contributed by atoms with Gasteiger partial charge >= 0.3 is 0 Å². The maximum Gasteiger partial charge on any atom is 0.258 e. The third-order valence-electron chi connectivity index (χ3n) is 11.2. The van der Waals surface area contributed by atoms with Crippen LogP contribution < -0.4 is 30.9 Å². The van der Waals surface area contributed by atoms with Crippen LogP contribution in [0.2, 0.25) is 5.02 Å². The SMILES string of the molecule is CC(=N)N1C(=N)[C@H](CC(=O)NCCOCCOCCOCCOCCOCCOCCOCCNC(=O)COc2cccc(C=O)c2C(=O)NC2CCC(=O)NC2=O)N=C(c2ccc(Cl)cc2)c2c1sc(C)c2C. The Kier molecular flexibility index (Phi) is 25.2. The average molecular weight is 1070 g/mol. The molecule has 2 aliphatic rings. The molecule has 6 N–H and O–H groups in total. The molecule has 2 aliphatic heterocycles. The van der Waals surface area contributed by atoms with Crippen LogP contribution in [0.15, 0.2) is 47.5 Å². The number of aldehydes is 1. The van der Waals surface area contributed by atoms with Gasteiger partial charge in [-0.15, -0.1) is 11.3 Å². The molecule has 74 heavy (non-hydrogen) atoms. The van der Waals surface area contributed by atoms with Gasteiger partial charge in [0.25, 0.3) is 11.8 Å². The lowest BCUT2D eigenvalue weighted by Gasteiger charge is -2.24. The number of hydrogen-bond donors (Lipinski definition) is 6. The minimum atomic E-state index is -0.959. The Balaban J connectivity index is 0.797. The van der Waals surface area contributed by atoms with Crippen molar-refractivity contribution >= 4 is 81.1 Å². The molecule has 402 valence electrons. The van der Waals surface area contributed by atoms with Gasteiger partial charge in [0.2, 0.25) is 17.7 Å². The van der Waals surface area contributed by atoms with Gasteiger partial charge in [0.1, 0.15) is 34.5 Å². The largest absolute Gasteiger partial charge is 0.483 e. The molecule has 2 atom stereocenters. The van der Waals surface area contributed by atoms with Crippen LogP contribution in [-0.2, 0) is 52.3 Å². The van der Waals surface area contributed by atoms with E-state index < -0.39 is 42.3 Å². The second kappa shape index (κ2) is 31.7. The van der Waals surface area contributed by atoms with E-state index in [1.807, 2.05) is 26.0 Å². The quantitative estimate of drug-likeness (QED) is 0.0168. The number of nitrogens with one attached hydrogen (secondary N) is 6. The molecule has 0 bridgehead atoms. The van der Waals surface area contributed by atoms with Crippen molar-refractivity contribution in [3.63, 3.8) is 0 Å².